The van der Waals surface area contributed by atoms with Gasteiger partial charge in [-0.2, -0.15) is 5.26 Å². The van der Waals surface area contributed by atoms with E-state index < -0.39 is 0 Å². The van der Waals surface area contributed by atoms with Gasteiger partial charge in [-0.25, -0.2) is 0 Å². The van der Waals surface area contributed by atoms with Crippen LogP contribution in [0.2, 0.25) is 0 Å². The van der Waals surface area contributed by atoms with E-state index in [4.69, 9.17) is 4.74 Å². The maximum Gasteiger partial charge on any atom is 0.121 e. The zero-order valence-corrected chi connectivity index (χ0v) is 11.9. The summed E-state index contributed by atoms with van der Waals surface area (Å²) in [6.07, 6.45) is 4.91. The molecule has 2 atom stereocenters. The van der Waals surface area contributed by atoms with Gasteiger partial charge in [-0.3, -0.25) is 0 Å². The second-order valence-electron chi connectivity index (χ2n) is 5.60. The second-order valence-corrected chi connectivity index (χ2v) is 5.60. The third kappa shape index (κ3) is 2.34. The molecular weight excluding hydrogens is 250 g/mol. The number of nitriles is 1. The van der Waals surface area contributed by atoms with Crippen molar-refractivity contribution < 1.29 is 4.74 Å². The predicted octanol–water partition coefficient (Wildman–Crippen LogP) is 2.29. The van der Waals surface area contributed by atoms with Crippen LogP contribution in [0, 0.1) is 11.3 Å². The summed E-state index contributed by atoms with van der Waals surface area (Å²) in [5, 5.41) is 13.0. The Labute approximate surface area is 120 Å². The quantitative estimate of drug-likeness (QED) is 0.916. The molecule has 2 fully saturated rings. The largest absolute Gasteiger partial charge is 0.497 e. The number of ether oxygens (including phenoxy) is 1. The zero-order valence-electron chi connectivity index (χ0n) is 11.9. The molecule has 0 spiro atoms. The van der Waals surface area contributed by atoms with E-state index in [-0.39, 0.29) is 0 Å². The Morgan fingerprint density at radius 1 is 1.35 bits per heavy atom. The summed E-state index contributed by atoms with van der Waals surface area (Å²) in [6, 6.07) is 9.13. The Hall–Kier alpha value is -1.73. The van der Waals surface area contributed by atoms with Gasteiger partial charge < -0.3 is 15.0 Å². The Kier molecular flexibility index (Phi) is 3.79. The molecule has 2 saturated heterocycles. The molecule has 2 aliphatic rings. The predicted molar refractivity (Wildman–Crippen MR) is 79.1 cm³/mol. The van der Waals surface area contributed by atoms with Gasteiger partial charge in [-0.05, 0) is 44.4 Å². The van der Waals surface area contributed by atoms with Gasteiger partial charge in [-0.15, -0.1) is 0 Å². The minimum atomic E-state index is 0.511. The van der Waals surface area contributed by atoms with Crippen LogP contribution in [0.1, 0.15) is 31.2 Å². The lowest BCUT2D eigenvalue weighted by atomic mass is 10.0. The van der Waals surface area contributed by atoms with Crippen molar-refractivity contribution in [3.8, 4) is 11.8 Å². The van der Waals surface area contributed by atoms with Gasteiger partial charge in [0.15, 0.2) is 0 Å². The molecule has 2 aliphatic heterocycles. The lowest BCUT2D eigenvalue weighted by Gasteiger charge is -2.32. The maximum absolute atomic E-state index is 9.36. The van der Waals surface area contributed by atoms with E-state index >= 15 is 0 Å². The molecule has 2 unspecified atom stereocenters. The highest BCUT2D eigenvalue weighted by Crippen LogP contribution is 2.34. The maximum atomic E-state index is 9.36. The molecule has 1 aromatic rings. The van der Waals surface area contributed by atoms with Gasteiger partial charge in [0.2, 0.25) is 0 Å². The molecule has 1 N–H and O–H groups in total. The molecular formula is C16H21N3O. The molecule has 4 heteroatoms. The SMILES string of the molecule is COc1ccc(C#N)c(N2CCCC2C2CCCN2)c1. The van der Waals surface area contributed by atoms with Crippen LogP contribution < -0.4 is 15.0 Å². The molecule has 0 saturated carbocycles. The van der Waals surface area contributed by atoms with Crippen molar-refractivity contribution in [1.29, 1.82) is 5.26 Å². The van der Waals surface area contributed by atoms with E-state index in [1.54, 1.807) is 7.11 Å². The summed E-state index contributed by atoms with van der Waals surface area (Å²) in [7, 11) is 1.67. The highest BCUT2D eigenvalue weighted by atomic mass is 16.5. The number of nitrogens with one attached hydrogen (secondary N) is 1. The molecule has 2 heterocycles. The molecule has 4 nitrogen and oxygen atoms in total. The van der Waals surface area contributed by atoms with Crippen LogP contribution in [0.25, 0.3) is 0 Å². The topological polar surface area (TPSA) is 48.3 Å². The Bertz CT molecular complexity index is 517. The first-order valence-corrected chi connectivity index (χ1v) is 7.41. The van der Waals surface area contributed by atoms with Crippen LogP contribution >= 0.6 is 0 Å². The van der Waals surface area contributed by atoms with Crippen molar-refractivity contribution in [3.63, 3.8) is 0 Å². The van der Waals surface area contributed by atoms with Gasteiger partial charge in [0, 0.05) is 24.7 Å². The molecule has 0 bridgehead atoms. The Morgan fingerprint density at radius 2 is 2.25 bits per heavy atom. The number of hydrogen-bond acceptors (Lipinski definition) is 4. The van der Waals surface area contributed by atoms with Crippen LogP contribution in [0.3, 0.4) is 0 Å². The number of rotatable bonds is 3. The van der Waals surface area contributed by atoms with Crippen LogP contribution in [0.4, 0.5) is 5.69 Å². The minimum Gasteiger partial charge on any atom is -0.497 e. The first kappa shape index (κ1) is 13.3. The molecule has 0 amide bonds. The van der Waals surface area contributed by atoms with E-state index in [1.165, 1.54) is 25.7 Å². The average molecular weight is 271 g/mol. The number of methoxy groups -OCH3 is 1. The first-order chi connectivity index (χ1) is 9.83. The summed E-state index contributed by atoms with van der Waals surface area (Å²) in [4.78, 5) is 2.41. The fraction of sp³-hybridized carbons (Fsp3) is 0.562. The van der Waals surface area contributed by atoms with E-state index in [0.717, 1.165) is 30.1 Å². The summed E-state index contributed by atoms with van der Waals surface area (Å²) >= 11 is 0. The first-order valence-electron chi connectivity index (χ1n) is 7.41. The van der Waals surface area contributed by atoms with Gasteiger partial charge in [0.25, 0.3) is 0 Å². The van der Waals surface area contributed by atoms with Gasteiger partial charge in [0.05, 0.1) is 18.4 Å². The lowest BCUT2D eigenvalue weighted by molar-refractivity contribution is 0.414. The lowest BCUT2D eigenvalue weighted by Crippen LogP contribution is -2.44. The van der Waals surface area contributed by atoms with E-state index in [9.17, 15) is 5.26 Å². The Balaban J connectivity index is 1.92. The van der Waals surface area contributed by atoms with Gasteiger partial charge >= 0.3 is 0 Å². The van der Waals surface area contributed by atoms with Crippen molar-refractivity contribution in [3.05, 3.63) is 23.8 Å². The molecule has 106 valence electrons. The molecule has 20 heavy (non-hydrogen) atoms. The standard InChI is InChI=1S/C16H21N3O/c1-20-13-7-6-12(11-17)16(10-13)19-9-3-5-15(19)14-4-2-8-18-14/h6-7,10,14-15,18H,2-5,8-9H2,1H3. The normalized spacial score (nSPS) is 25.7. The van der Waals surface area contributed by atoms with Crippen molar-refractivity contribution >= 4 is 5.69 Å². The highest BCUT2D eigenvalue weighted by molar-refractivity contribution is 5.63. The average Bonchev–Trinajstić information content (AvgIpc) is 3.16. The summed E-state index contributed by atoms with van der Waals surface area (Å²) in [5.41, 5.74) is 1.78. The van der Waals surface area contributed by atoms with Crippen LogP contribution in [-0.2, 0) is 0 Å². The summed E-state index contributed by atoms with van der Waals surface area (Å²) in [6.45, 7) is 2.16. The molecule has 0 aromatic heterocycles. The van der Waals surface area contributed by atoms with Gasteiger partial charge in [-0.1, -0.05) is 0 Å². The van der Waals surface area contributed by atoms with Crippen LogP contribution in [0.5, 0.6) is 5.75 Å². The molecule has 0 aliphatic carbocycles. The van der Waals surface area contributed by atoms with Crippen LogP contribution in [0.15, 0.2) is 18.2 Å². The van der Waals surface area contributed by atoms with Crippen molar-refractivity contribution in [2.75, 3.05) is 25.1 Å². The van der Waals surface area contributed by atoms with E-state index in [0.29, 0.717) is 12.1 Å². The number of hydrogen-bond donors (Lipinski definition) is 1. The number of nitrogens with zero attached hydrogens (tertiary/aromatic N) is 2. The van der Waals surface area contributed by atoms with Crippen molar-refractivity contribution in [1.82, 2.24) is 5.32 Å². The monoisotopic (exact) mass is 271 g/mol. The number of anilines is 1. The molecule has 1 aromatic carbocycles. The van der Waals surface area contributed by atoms with E-state index in [2.05, 4.69) is 16.3 Å². The smallest absolute Gasteiger partial charge is 0.121 e. The fourth-order valence-corrected chi connectivity index (χ4v) is 3.52. The van der Waals surface area contributed by atoms with Crippen LogP contribution in [-0.4, -0.2) is 32.3 Å². The van der Waals surface area contributed by atoms with Gasteiger partial charge in [0.1, 0.15) is 11.8 Å². The minimum absolute atomic E-state index is 0.511. The molecule has 0 radical (unpaired) electrons. The third-order valence-electron chi connectivity index (χ3n) is 4.50. The zero-order chi connectivity index (χ0) is 13.9. The molecule has 3 rings (SSSR count). The summed E-state index contributed by atoms with van der Waals surface area (Å²) < 4.78 is 5.32. The van der Waals surface area contributed by atoms with Crippen molar-refractivity contribution in [2.24, 2.45) is 0 Å². The van der Waals surface area contributed by atoms with E-state index in [1.807, 2.05) is 18.2 Å². The second kappa shape index (κ2) is 5.72. The Morgan fingerprint density at radius 3 is 2.95 bits per heavy atom. The highest BCUT2D eigenvalue weighted by Gasteiger charge is 2.34. The summed E-state index contributed by atoms with van der Waals surface area (Å²) in [5.74, 6) is 0.823. The fourth-order valence-electron chi connectivity index (χ4n) is 3.52. The van der Waals surface area contributed by atoms with Crippen molar-refractivity contribution in [2.45, 2.75) is 37.8 Å². The number of benzene rings is 1. The third-order valence-corrected chi connectivity index (χ3v) is 4.50.